The topological polar surface area (TPSA) is 40.5 Å². The monoisotopic (exact) mass is 243 g/mol. The van der Waals surface area contributed by atoms with E-state index in [2.05, 4.69) is 0 Å². The van der Waals surface area contributed by atoms with E-state index in [4.69, 9.17) is 16.7 Å². The number of nitrogens with zero attached hydrogens (tertiary/aromatic N) is 1. The maximum Gasteiger partial charge on any atom is 0.309 e. The Hall–Kier alpha value is -1.13. The molecule has 0 radical (unpaired) electrons. The second-order valence-electron chi connectivity index (χ2n) is 3.94. The average molecular weight is 244 g/mol. The number of carbonyl (C=O) groups is 1. The highest BCUT2D eigenvalue weighted by molar-refractivity contribution is 6.31. The molecule has 0 atom stereocenters. The van der Waals surface area contributed by atoms with Gasteiger partial charge in [0, 0.05) is 19.6 Å². The van der Waals surface area contributed by atoms with Crippen LogP contribution in [0, 0.1) is 11.7 Å². The Bertz CT molecular complexity index is 418. The maximum atomic E-state index is 13.1. The van der Waals surface area contributed by atoms with Crippen molar-refractivity contribution in [3.8, 4) is 0 Å². The molecule has 1 aromatic rings. The molecule has 0 amide bonds. The van der Waals surface area contributed by atoms with Gasteiger partial charge in [0.25, 0.3) is 0 Å². The maximum absolute atomic E-state index is 13.1. The number of halogens is 2. The first-order valence-corrected chi connectivity index (χ1v) is 5.34. The number of rotatable bonds is 3. The number of hydrogen-bond acceptors (Lipinski definition) is 2. The van der Waals surface area contributed by atoms with Crippen LogP contribution in [0.3, 0.4) is 0 Å². The minimum atomic E-state index is -0.776. The molecule has 0 saturated carbocycles. The highest BCUT2D eigenvalue weighted by atomic mass is 35.5. The standard InChI is InChI=1S/C11H11ClFNO2/c12-10-7(2-1-3-9(10)13)4-14-5-8(6-14)11(15)16/h1-3,8H,4-6H2,(H,15,16). The van der Waals surface area contributed by atoms with E-state index in [1.807, 2.05) is 4.90 Å². The van der Waals surface area contributed by atoms with Gasteiger partial charge in [-0.3, -0.25) is 9.69 Å². The molecule has 1 heterocycles. The smallest absolute Gasteiger partial charge is 0.309 e. The van der Waals surface area contributed by atoms with Gasteiger partial charge in [-0.1, -0.05) is 23.7 Å². The molecule has 0 aromatic heterocycles. The lowest BCUT2D eigenvalue weighted by Crippen LogP contribution is -2.49. The zero-order valence-corrected chi connectivity index (χ0v) is 9.25. The van der Waals surface area contributed by atoms with Crippen molar-refractivity contribution in [1.29, 1.82) is 0 Å². The highest BCUT2D eigenvalue weighted by Crippen LogP contribution is 2.24. The molecule has 16 heavy (non-hydrogen) atoms. The lowest BCUT2D eigenvalue weighted by atomic mass is 9.99. The summed E-state index contributed by atoms with van der Waals surface area (Å²) in [4.78, 5) is 12.5. The first kappa shape index (κ1) is 11.4. The SMILES string of the molecule is O=C(O)C1CN(Cc2cccc(F)c2Cl)C1. The third-order valence-corrected chi connectivity index (χ3v) is 3.16. The lowest BCUT2D eigenvalue weighted by molar-refractivity contribution is -0.147. The van der Waals surface area contributed by atoms with Crippen LogP contribution in [-0.4, -0.2) is 29.1 Å². The van der Waals surface area contributed by atoms with E-state index in [0.29, 0.717) is 25.2 Å². The van der Waals surface area contributed by atoms with Crippen LogP contribution in [0.25, 0.3) is 0 Å². The molecule has 2 rings (SSSR count). The molecule has 0 bridgehead atoms. The Morgan fingerprint density at radius 2 is 2.25 bits per heavy atom. The molecule has 1 aliphatic heterocycles. The summed E-state index contributed by atoms with van der Waals surface area (Å²) in [6, 6.07) is 4.66. The van der Waals surface area contributed by atoms with Crippen LogP contribution >= 0.6 is 11.6 Å². The summed E-state index contributed by atoms with van der Waals surface area (Å²) in [6.45, 7) is 1.50. The van der Waals surface area contributed by atoms with Gasteiger partial charge in [-0.05, 0) is 11.6 Å². The molecular weight excluding hydrogens is 233 g/mol. The van der Waals surface area contributed by atoms with Gasteiger partial charge < -0.3 is 5.11 Å². The van der Waals surface area contributed by atoms with Crippen molar-refractivity contribution < 1.29 is 14.3 Å². The lowest BCUT2D eigenvalue weighted by Gasteiger charge is -2.36. The van der Waals surface area contributed by atoms with Crippen molar-refractivity contribution >= 4 is 17.6 Å². The summed E-state index contributed by atoms with van der Waals surface area (Å²) in [6.07, 6.45) is 0. The summed E-state index contributed by atoms with van der Waals surface area (Å²) in [5.74, 6) is -1.51. The van der Waals surface area contributed by atoms with E-state index < -0.39 is 11.8 Å². The van der Waals surface area contributed by atoms with Crippen LogP contribution in [0.4, 0.5) is 4.39 Å². The van der Waals surface area contributed by atoms with Gasteiger partial charge in [0.1, 0.15) is 5.82 Å². The number of benzene rings is 1. The van der Waals surface area contributed by atoms with E-state index in [1.165, 1.54) is 6.07 Å². The van der Waals surface area contributed by atoms with Crippen LogP contribution in [0.1, 0.15) is 5.56 Å². The minimum absolute atomic E-state index is 0.126. The Morgan fingerprint density at radius 3 is 2.88 bits per heavy atom. The second-order valence-corrected chi connectivity index (χ2v) is 4.32. The normalized spacial score (nSPS) is 17.1. The zero-order chi connectivity index (χ0) is 11.7. The van der Waals surface area contributed by atoms with Gasteiger partial charge in [0.05, 0.1) is 10.9 Å². The molecule has 1 aliphatic rings. The highest BCUT2D eigenvalue weighted by Gasteiger charge is 2.32. The first-order valence-electron chi connectivity index (χ1n) is 4.96. The Labute approximate surface area is 97.4 Å². The number of carboxylic acids is 1. The number of aliphatic carboxylic acids is 1. The van der Waals surface area contributed by atoms with Crippen molar-refractivity contribution in [2.45, 2.75) is 6.54 Å². The van der Waals surface area contributed by atoms with Crippen molar-refractivity contribution in [3.63, 3.8) is 0 Å². The van der Waals surface area contributed by atoms with Crippen LogP contribution < -0.4 is 0 Å². The third-order valence-electron chi connectivity index (χ3n) is 2.73. The van der Waals surface area contributed by atoms with E-state index in [-0.39, 0.29) is 10.9 Å². The van der Waals surface area contributed by atoms with Gasteiger partial charge >= 0.3 is 5.97 Å². The van der Waals surface area contributed by atoms with E-state index in [1.54, 1.807) is 12.1 Å². The average Bonchev–Trinajstić information content (AvgIpc) is 2.16. The predicted octanol–water partition coefficient (Wildman–Crippen LogP) is 2.00. The summed E-state index contributed by atoms with van der Waals surface area (Å²) in [5.41, 5.74) is 0.700. The molecule has 1 fully saturated rings. The fourth-order valence-corrected chi connectivity index (χ4v) is 1.95. The second kappa shape index (κ2) is 4.39. The molecule has 3 nitrogen and oxygen atoms in total. The van der Waals surface area contributed by atoms with Crippen molar-refractivity contribution in [1.82, 2.24) is 4.90 Å². The molecule has 1 saturated heterocycles. The minimum Gasteiger partial charge on any atom is -0.481 e. The van der Waals surface area contributed by atoms with Crippen LogP contribution in [0.15, 0.2) is 18.2 Å². The fraction of sp³-hybridized carbons (Fsp3) is 0.364. The summed E-state index contributed by atoms with van der Waals surface area (Å²) in [7, 11) is 0. The van der Waals surface area contributed by atoms with E-state index in [0.717, 1.165) is 0 Å². The molecule has 86 valence electrons. The molecule has 0 unspecified atom stereocenters. The van der Waals surface area contributed by atoms with Crippen molar-refractivity contribution in [2.75, 3.05) is 13.1 Å². The number of carboxylic acid groups (broad SMARTS) is 1. The van der Waals surface area contributed by atoms with Crippen molar-refractivity contribution in [2.24, 2.45) is 5.92 Å². The summed E-state index contributed by atoms with van der Waals surface area (Å²) in [5, 5.41) is 8.83. The largest absolute Gasteiger partial charge is 0.481 e. The van der Waals surface area contributed by atoms with Gasteiger partial charge in [0.2, 0.25) is 0 Å². The zero-order valence-electron chi connectivity index (χ0n) is 8.49. The van der Waals surface area contributed by atoms with Gasteiger partial charge in [-0.15, -0.1) is 0 Å². The molecule has 1 aromatic carbocycles. The Kier molecular flexibility index (Phi) is 3.12. The van der Waals surface area contributed by atoms with Crippen LogP contribution in [0.5, 0.6) is 0 Å². The molecular formula is C11H11ClFNO2. The molecule has 0 aliphatic carbocycles. The molecule has 0 spiro atoms. The van der Waals surface area contributed by atoms with Gasteiger partial charge in [-0.2, -0.15) is 0 Å². The first-order chi connectivity index (χ1) is 7.58. The van der Waals surface area contributed by atoms with E-state index >= 15 is 0 Å². The van der Waals surface area contributed by atoms with Crippen LogP contribution in [-0.2, 0) is 11.3 Å². The predicted molar refractivity (Wildman–Crippen MR) is 57.8 cm³/mol. The van der Waals surface area contributed by atoms with Crippen LogP contribution in [0.2, 0.25) is 5.02 Å². The fourth-order valence-electron chi connectivity index (χ4n) is 1.77. The Balaban J connectivity index is 1.97. The molecule has 1 N–H and O–H groups in total. The summed E-state index contributed by atoms with van der Waals surface area (Å²) < 4.78 is 13.1. The van der Waals surface area contributed by atoms with Gasteiger partial charge in [0.15, 0.2) is 0 Å². The molecule has 5 heteroatoms. The Morgan fingerprint density at radius 1 is 1.56 bits per heavy atom. The number of hydrogen-bond donors (Lipinski definition) is 1. The van der Waals surface area contributed by atoms with E-state index in [9.17, 15) is 9.18 Å². The summed E-state index contributed by atoms with van der Waals surface area (Å²) >= 11 is 5.80. The van der Waals surface area contributed by atoms with Gasteiger partial charge in [-0.25, -0.2) is 4.39 Å². The number of likely N-dealkylation sites (tertiary alicyclic amines) is 1. The quantitative estimate of drug-likeness (QED) is 0.883. The third kappa shape index (κ3) is 2.18. The van der Waals surface area contributed by atoms with Crippen molar-refractivity contribution in [3.05, 3.63) is 34.6 Å².